The molecule has 168 valence electrons. The Balaban J connectivity index is 1.68. The van der Waals surface area contributed by atoms with Crippen LogP contribution >= 0.6 is 22.9 Å². The molecule has 0 radical (unpaired) electrons. The van der Waals surface area contributed by atoms with Crippen LogP contribution in [0.4, 0.5) is 16.6 Å². The molecule has 7 nitrogen and oxygen atoms in total. The molecule has 0 amide bonds. The summed E-state index contributed by atoms with van der Waals surface area (Å²) in [5.41, 5.74) is 8.54. The van der Waals surface area contributed by atoms with Gasteiger partial charge in [-0.15, -0.1) is 0 Å². The average Bonchev–Trinajstić information content (AvgIpc) is 3.20. The zero-order chi connectivity index (χ0) is 23.8. The van der Waals surface area contributed by atoms with Gasteiger partial charge < -0.3 is 11.1 Å². The van der Waals surface area contributed by atoms with Crippen molar-refractivity contribution < 1.29 is 4.79 Å². The maximum absolute atomic E-state index is 13.6. The topological polar surface area (TPSA) is 103 Å². The molecule has 0 saturated carbocycles. The number of carbonyl (C=O) groups is 1. The average molecular weight is 488 g/mol. The second-order valence-electron chi connectivity index (χ2n) is 7.56. The number of ketones is 1. The molecule has 0 aliphatic carbocycles. The number of hydrogen-bond acceptors (Lipinski definition) is 7. The number of fused-ring (bicyclic) bond motifs is 1. The van der Waals surface area contributed by atoms with Gasteiger partial charge in [0.05, 0.1) is 16.6 Å². The summed E-state index contributed by atoms with van der Waals surface area (Å²) in [5, 5.41) is 4.87. The second-order valence-corrected chi connectivity index (χ2v) is 9.00. The van der Waals surface area contributed by atoms with E-state index in [0.717, 1.165) is 5.69 Å². The first-order valence-corrected chi connectivity index (χ1v) is 11.5. The number of nitrogen functional groups attached to an aromatic ring is 1. The number of benzene rings is 3. The Kier molecular flexibility index (Phi) is 5.61. The Hall–Kier alpha value is -4.01. The molecular formula is C25H18ClN5O2S. The number of Topliss-reactive ketones (excluding diaryl/α,β-unsaturated/α-hetero) is 1. The van der Waals surface area contributed by atoms with Crippen LogP contribution in [0.5, 0.6) is 0 Å². The largest absolute Gasteiger partial charge is 0.382 e. The predicted octanol–water partition coefficient (Wildman–Crippen LogP) is 5.69. The summed E-state index contributed by atoms with van der Waals surface area (Å²) in [6, 6.07) is 21.2. The van der Waals surface area contributed by atoms with E-state index >= 15 is 0 Å². The lowest BCUT2D eigenvalue weighted by molar-refractivity contribution is 0.101. The van der Waals surface area contributed by atoms with E-state index in [1.54, 1.807) is 54.6 Å². The van der Waals surface area contributed by atoms with E-state index in [1.165, 1.54) is 22.8 Å². The summed E-state index contributed by atoms with van der Waals surface area (Å²) in [4.78, 5) is 35.0. The third-order valence-electron chi connectivity index (χ3n) is 5.26. The molecule has 0 aliphatic heterocycles. The van der Waals surface area contributed by atoms with E-state index in [4.69, 9.17) is 22.3 Å². The van der Waals surface area contributed by atoms with Crippen LogP contribution in [0.2, 0.25) is 5.02 Å². The normalized spacial score (nSPS) is 11.0. The second kappa shape index (κ2) is 8.74. The number of nitrogens with two attached hydrogens (primary N) is 1. The minimum atomic E-state index is -0.240. The van der Waals surface area contributed by atoms with E-state index in [2.05, 4.69) is 10.3 Å². The van der Waals surface area contributed by atoms with Crippen LogP contribution in [0, 0.1) is 0 Å². The van der Waals surface area contributed by atoms with Gasteiger partial charge >= 0.3 is 0 Å². The molecule has 2 aromatic heterocycles. The number of hydrogen-bond donors (Lipinski definition) is 2. The van der Waals surface area contributed by atoms with Gasteiger partial charge in [0.15, 0.2) is 16.7 Å². The van der Waals surface area contributed by atoms with E-state index in [1.807, 2.05) is 18.2 Å². The molecule has 0 saturated heterocycles. The van der Waals surface area contributed by atoms with E-state index in [9.17, 15) is 9.59 Å². The van der Waals surface area contributed by atoms with E-state index in [-0.39, 0.29) is 17.2 Å². The Morgan fingerprint density at radius 2 is 1.71 bits per heavy atom. The summed E-state index contributed by atoms with van der Waals surface area (Å²) >= 11 is 7.26. The van der Waals surface area contributed by atoms with Crippen LogP contribution in [0.25, 0.3) is 27.3 Å². The van der Waals surface area contributed by atoms with Crippen molar-refractivity contribution in [2.75, 3.05) is 11.1 Å². The number of carbonyl (C=O) groups excluding carboxylic acids is 1. The van der Waals surface area contributed by atoms with Crippen molar-refractivity contribution in [3.05, 3.63) is 93.7 Å². The van der Waals surface area contributed by atoms with Crippen LogP contribution in [-0.2, 0) is 0 Å². The molecule has 5 aromatic rings. The van der Waals surface area contributed by atoms with Crippen molar-refractivity contribution in [3.8, 4) is 16.4 Å². The standard InChI is InChI=1S/C25H18ClN5O2S/c1-14(32)15-6-12-18(13-7-15)31-23(29-20-5-3-2-4-19(20)24(31)33)21-22(27)30-25(34-21)28-17-10-8-16(26)9-11-17/h2-13H,27H2,1H3,(H,28,30). The molecule has 0 bridgehead atoms. The maximum Gasteiger partial charge on any atom is 0.266 e. The third-order valence-corrected chi connectivity index (χ3v) is 6.49. The number of anilines is 3. The lowest BCUT2D eigenvalue weighted by atomic mass is 10.1. The Morgan fingerprint density at radius 3 is 2.41 bits per heavy atom. The van der Waals surface area contributed by atoms with Gasteiger partial charge in [0.2, 0.25) is 0 Å². The molecule has 0 spiro atoms. The lowest BCUT2D eigenvalue weighted by Gasteiger charge is -2.13. The fraction of sp³-hybridized carbons (Fsp3) is 0.0400. The van der Waals surface area contributed by atoms with Gasteiger partial charge in [-0.2, -0.15) is 0 Å². The first-order valence-electron chi connectivity index (χ1n) is 10.3. The molecule has 34 heavy (non-hydrogen) atoms. The fourth-order valence-electron chi connectivity index (χ4n) is 3.57. The van der Waals surface area contributed by atoms with Crippen molar-refractivity contribution >= 4 is 56.3 Å². The molecule has 3 N–H and O–H groups in total. The Labute approximate surface area is 203 Å². The lowest BCUT2D eigenvalue weighted by Crippen LogP contribution is -2.22. The highest BCUT2D eigenvalue weighted by Crippen LogP contribution is 2.36. The van der Waals surface area contributed by atoms with Crippen LogP contribution in [0.15, 0.2) is 77.6 Å². The highest BCUT2D eigenvalue weighted by Gasteiger charge is 2.20. The van der Waals surface area contributed by atoms with Crippen molar-refractivity contribution in [1.29, 1.82) is 0 Å². The summed E-state index contributed by atoms with van der Waals surface area (Å²) < 4.78 is 1.50. The molecule has 3 aromatic carbocycles. The van der Waals surface area contributed by atoms with E-state index in [0.29, 0.717) is 43.0 Å². The monoisotopic (exact) mass is 487 g/mol. The number of nitrogens with one attached hydrogen (secondary N) is 1. The van der Waals surface area contributed by atoms with Crippen LogP contribution in [0.3, 0.4) is 0 Å². The predicted molar refractivity (Wildman–Crippen MR) is 138 cm³/mol. The van der Waals surface area contributed by atoms with Gasteiger partial charge in [0.1, 0.15) is 10.7 Å². The molecule has 5 rings (SSSR count). The van der Waals surface area contributed by atoms with Gasteiger partial charge in [-0.3, -0.25) is 14.2 Å². The van der Waals surface area contributed by atoms with E-state index < -0.39 is 0 Å². The summed E-state index contributed by atoms with van der Waals surface area (Å²) in [6.07, 6.45) is 0. The molecule has 0 aliphatic rings. The first kappa shape index (κ1) is 21.8. The first-order chi connectivity index (χ1) is 16.4. The maximum atomic E-state index is 13.6. The summed E-state index contributed by atoms with van der Waals surface area (Å²) in [5.74, 6) is 0.566. The van der Waals surface area contributed by atoms with Gasteiger partial charge in [-0.1, -0.05) is 35.1 Å². The summed E-state index contributed by atoms with van der Waals surface area (Å²) in [6.45, 7) is 1.50. The minimum Gasteiger partial charge on any atom is -0.382 e. The molecule has 2 heterocycles. The number of rotatable bonds is 5. The van der Waals surface area contributed by atoms with Crippen molar-refractivity contribution in [3.63, 3.8) is 0 Å². The smallest absolute Gasteiger partial charge is 0.266 e. The molecule has 9 heteroatoms. The number of halogens is 1. The number of thiazole rings is 1. The molecule has 0 fully saturated rings. The fourth-order valence-corrected chi connectivity index (χ4v) is 4.58. The molecular weight excluding hydrogens is 470 g/mol. The highest BCUT2D eigenvalue weighted by atomic mass is 35.5. The highest BCUT2D eigenvalue weighted by molar-refractivity contribution is 7.19. The Bertz CT molecular complexity index is 1590. The third kappa shape index (κ3) is 4.05. The van der Waals surface area contributed by atoms with Crippen molar-refractivity contribution in [1.82, 2.24) is 14.5 Å². The number of aromatic nitrogens is 3. The van der Waals surface area contributed by atoms with Gasteiger partial charge in [0.25, 0.3) is 5.56 Å². The van der Waals surface area contributed by atoms with Gasteiger partial charge in [-0.05, 0) is 67.6 Å². The SMILES string of the molecule is CC(=O)c1ccc(-n2c(-c3sc(Nc4ccc(Cl)cc4)nc3N)nc3ccccc3c2=O)cc1. The number of nitrogens with zero attached hydrogens (tertiary/aromatic N) is 3. The van der Waals surface area contributed by atoms with Crippen molar-refractivity contribution in [2.24, 2.45) is 0 Å². The number of para-hydroxylation sites is 1. The van der Waals surface area contributed by atoms with Gasteiger partial charge in [0, 0.05) is 16.3 Å². The minimum absolute atomic E-state index is 0.0552. The zero-order valence-corrected chi connectivity index (χ0v) is 19.5. The van der Waals surface area contributed by atoms with Crippen LogP contribution in [0.1, 0.15) is 17.3 Å². The molecule has 0 unspecified atom stereocenters. The summed E-state index contributed by atoms with van der Waals surface area (Å²) in [7, 11) is 0. The molecule has 0 atom stereocenters. The van der Waals surface area contributed by atoms with Crippen LogP contribution in [-0.4, -0.2) is 20.3 Å². The zero-order valence-electron chi connectivity index (χ0n) is 17.9. The van der Waals surface area contributed by atoms with Crippen molar-refractivity contribution in [2.45, 2.75) is 6.92 Å². The Morgan fingerprint density at radius 1 is 1.00 bits per heavy atom. The van der Waals surface area contributed by atoms with Crippen LogP contribution < -0.4 is 16.6 Å². The van der Waals surface area contributed by atoms with Gasteiger partial charge in [-0.25, -0.2) is 9.97 Å². The quantitative estimate of drug-likeness (QED) is 0.309.